The smallest absolute Gasteiger partial charge is 0.317 e. The SMILES string of the molecule is CN1CCN(C(=O)NC[C@H]2CN3CCC[C@H]3CO2)Cc2ccccc21. The fourth-order valence-corrected chi connectivity index (χ4v) is 4.19. The molecule has 2 atom stereocenters. The van der Waals surface area contributed by atoms with Crippen LogP contribution in [-0.2, 0) is 11.3 Å². The Bertz CT molecular complexity index is 623. The lowest BCUT2D eigenvalue weighted by atomic mass is 10.1. The van der Waals surface area contributed by atoms with Crippen molar-refractivity contribution in [1.29, 1.82) is 0 Å². The standard InChI is InChI=1S/C19H28N4O2/c1-21-9-10-23(12-15-5-2-3-7-18(15)21)19(24)20-11-17-13-22-8-4-6-16(22)14-25-17/h2-3,5,7,16-17H,4,6,8-14H2,1H3,(H,20,24)/t16-,17-/m0/s1. The summed E-state index contributed by atoms with van der Waals surface area (Å²) in [5.41, 5.74) is 2.42. The van der Waals surface area contributed by atoms with Gasteiger partial charge < -0.3 is 19.9 Å². The van der Waals surface area contributed by atoms with Crippen LogP contribution in [0, 0.1) is 0 Å². The molecule has 3 aliphatic rings. The number of nitrogens with one attached hydrogen (secondary N) is 1. The van der Waals surface area contributed by atoms with Gasteiger partial charge in [0.05, 0.1) is 12.7 Å². The van der Waals surface area contributed by atoms with Gasteiger partial charge in [-0.25, -0.2) is 4.79 Å². The molecule has 6 nitrogen and oxygen atoms in total. The lowest BCUT2D eigenvalue weighted by Gasteiger charge is -2.35. The molecular weight excluding hydrogens is 316 g/mol. The molecule has 3 heterocycles. The van der Waals surface area contributed by atoms with Crippen molar-refractivity contribution in [3.8, 4) is 0 Å². The van der Waals surface area contributed by atoms with Gasteiger partial charge in [-0.3, -0.25) is 4.90 Å². The van der Waals surface area contributed by atoms with Crippen LogP contribution in [0.25, 0.3) is 0 Å². The van der Waals surface area contributed by atoms with Crippen molar-refractivity contribution in [2.45, 2.75) is 31.5 Å². The number of hydrogen-bond acceptors (Lipinski definition) is 4. The molecule has 2 amide bonds. The summed E-state index contributed by atoms with van der Waals surface area (Å²) >= 11 is 0. The Morgan fingerprint density at radius 2 is 2.16 bits per heavy atom. The summed E-state index contributed by atoms with van der Waals surface area (Å²) in [5.74, 6) is 0. The summed E-state index contributed by atoms with van der Waals surface area (Å²) in [4.78, 5) is 19.3. The summed E-state index contributed by atoms with van der Waals surface area (Å²) in [6, 6.07) is 8.93. The summed E-state index contributed by atoms with van der Waals surface area (Å²) in [5, 5.41) is 3.09. The molecular formula is C19H28N4O2. The third-order valence-corrected chi connectivity index (χ3v) is 5.70. The quantitative estimate of drug-likeness (QED) is 0.884. The molecule has 136 valence electrons. The van der Waals surface area contributed by atoms with Crippen molar-refractivity contribution in [1.82, 2.24) is 15.1 Å². The van der Waals surface area contributed by atoms with Gasteiger partial charge >= 0.3 is 6.03 Å². The molecule has 1 N–H and O–H groups in total. The number of anilines is 1. The molecule has 2 fully saturated rings. The molecule has 0 spiro atoms. The highest BCUT2D eigenvalue weighted by molar-refractivity contribution is 5.75. The third kappa shape index (κ3) is 3.60. The van der Waals surface area contributed by atoms with Crippen LogP contribution in [0.15, 0.2) is 24.3 Å². The van der Waals surface area contributed by atoms with Crippen LogP contribution in [0.5, 0.6) is 0 Å². The van der Waals surface area contributed by atoms with Gasteiger partial charge in [0.2, 0.25) is 0 Å². The van der Waals surface area contributed by atoms with E-state index in [1.165, 1.54) is 30.6 Å². The first kappa shape index (κ1) is 16.7. The predicted octanol–water partition coefficient (Wildman–Crippen LogP) is 1.51. The number of carbonyl (C=O) groups excluding carboxylic acids is 1. The Hall–Kier alpha value is -1.79. The van der Waals surface area contributed by atoms with E-state index in [2.05, 4.69) is 40.4 Å². The van der Waals surface area contributed by atoms with Crippen LogP contribution in [0.4, 0.5) is 10.5 Å². The monoisotopic (exact) mass is 344 g/mol. The van der Waals surface area contributed by atoms with Gasteiger partial charge in [0.25, 0.3) is 0 Å². The fourth-order valence-electron chi connectivity index (χ4n) is 4.19. The lowest BCUT2D eigenvalue weighted by molar-refractivity contribution is -0.0461. The number of benzene rings is 1. The van der Waals surface area contributed by atoms with Gasteiger partial charge in [0, 0.05) is 51.5 Å². The highest BCUT2D eigenvalue weighted by Crippen LogP contribution is 2.24. The van der Waals surface area contributed by atoms with E-state index < -0.39 is 0 Å². The zero-order valence-electron chi connectivity index (χ0n) is 15.0. The normalized spacial score (nSPS) is 26.8. The van der Waals surface area contributed by atoms with Crippen LogP contribution in [-0.4, -0.2) is 74.4 Å². The highest BCUT2D eigenvalue weighted by Gasteiger charge is 2.32. The maximum absolute atomic E-state index is 12.7. The Morgan fingerprint density at radius 1 is 1.28 bits per heavy atom. The van der Waals surface area contributed by atoms with E-state index in [0.29, 0.717) is 19.1 Å². The van der Waals surface area contributed by atoms with Crippen LogP contribution in [0.2, 0.25) is 0 Å². The number of nitrogens with zero attached hydrogens (tertiary/aromatic N) is 3. The number of hydrogen-bond donors (Lipinski definition) is 1. The minimum atomic E-state index is 0.0113. The van der Waals surface area contributed by atoms with E-state index in [1.54, 1.807) is 0 Å². The van der Waals surface area contributed by atoms with Gasteiger partial charge in [-0.1, -0.05) is 18.2 Å². The first-order valence-electron chi connectivity index (χ1n) is 9.38. The number of ether oxygens (including phenoxy) is 1. The Morgan fingerprint density at radius 3 is 3.08 bits per heavy atom. The van der Waals surface area contributed by atoms with Crippen LogP contribution in [0.3, 0.4) is 0 Å². The van der Waals surface area contributed by atoms with Crippen molar-refractivity contribution in [2.75, 3.05) is 51.3 Å². The second-order valence-corrected chi connectivity index (χ2v) is 7.40. The minimum absolute atomic E-state index is 0.0113. The van der Waals surface area contributed by atoms with Crippen LogP contribution < -0.4 is 10.2 Å². The first-order valence-corrected chi connectivity index (χ1v) is 9.38. The number of likely N-dealkylation sites (N-methyl/N-ethyl adjacent to an activating group) is 1. The maximum atomic E-state index is 12.7. The number of morpholine rings is 1. The van der Waals surface area contributed by atoms with E-state index in [0.717, 1.165) is 26.2 Å². The molecule has 0 bridgehead atoms. The Kier molecular flexibility index (Phi) is 4.81. The van der Waals surface area contributed by atoms with Gasteiger partial charge in [-0.15, -0.1) is 0 Å². The van der Waals surface area contributed by atoms with Crippen molar-refractivity contribution in [3.05, 3.63) is 29.8 Å². The summed E-state index contributed by atoms with van der Waals surface area (Å²) in [7, 11) is 2.09. The number of para-hydroxylation sites is 1. The molecule has 0 aliphatic carbocycles. The van der Waals surface area contributed by atoms with Gasteiger partial charge in [0.15, 0.2) is 0 Å². The molecule has 3 aliphatic heterocycles. The Balaban J connectivity index is 1.32. The van der Waals surface area contributed by atoms with Gasteiger partial charge in [-0.2, -0.15) is 0 Å². The third-order valence-electron chi connectivity index (χ3n) is 5.70. The van der Waals surface area contributed by atoms with Gasteiger partial charge in [0.1, 0.15) is 0 Å². The first-order chi connectivity index (χ1) is 12.2. The van der Waals surface area contributed by atoms with Crippen molar-refractivity contribution in [2.24, 2.45) is 0 Å². The molecule has 1 aromatic rings. The molecule has 25 heavy (non-hydrogen) atoms. The average molecular weight is 344 g/mol. The highest BCUT2D eigenvalue weighted by atomic mass is 16.5. The molecule has 1 aromatic carbocycles. The van der Waals surface area contributed by atoms with E-state index in [9.17, 15) is 4.79 Å². The van der Waals surface area contributed by atoms with E-state index in [4.69, 9.17) is 4.74 Å². The number of amides is 2. The second kappa shape index (κ2) is 7.22. The van der Waals surface area contributed by atoms with E-state index in [-0.39, 0.29) is 12.1 Å². The number of carbonyl (C=O) groups is 1. The second-order valence-electron chi connectivity index (χ2n) is 7.40. The molecule has 0 unspecified atom stereocenters. The number of urea groups is 1. The average Bonchev–Trinajstić information content (AvgIpc) is 3.04. The maximum Gasteiger partial charge on any atom is 0.317 e. The topological polar surface area (TPSA) is 48.0 Å². The summed E-state index contributed by atoms with van der Waals surface area (Å²) < 4.78 is 5.94. The Labute approximate surface area is 149 Å². The summed E-state index contributed by atoms with van der Waals surface area (Å²) in [6.45, 7) is 5.76. The molecule has 2 saturated heterocycles. The molecule has 0 radical (unpaired) electrons. The van der Waals surface area contributed by atoms with Crippen molar-refractivity contribution >= 4 is 11.7 Å². The molecule has 4 rings (SSSR count). The van der Waals surface area contributed by atoms with E-state index in [1.807, 2.05) is 11.0 Å². The number of fused-ring (bicyclic) bond motifs is 2. The molecule has 0 saturated carbocycles. The molecule has 6 heteroatoms. The minimum Gasteiger partial charge on any atom is -0.373 e. The number of rotatable bonds is 2. The van der Waals surface area contributed by atoms with Crippen LogP contribution in [0.1, 0.15) is 18.4 Å². The zero-order chi connectivity index (χ0) is 17.2. The van der Waals surface area contributed by atoms with Crippen LogP contribution >= 0.6 is 0 Å². The van der Waals surface area contributed by atoms with Crippen molar-refractivity contribution < 1.29 is 9.53 Å². The largest absolute Gasteiger partial charge is 0.373 e. The predicted molar refractivity (Wildman–Crippen MR) is 97.9 cm³/mol. The van der Waals surface area contributed by atoms with E-state index >= 15 is 0 Å². The summed E-state index contributed by atoms with van der Waals surface area (Å²) in [6.07, 6.45) is 2.63. The van der Waals surface area contributed by atoms with Crippen molar-refractivity contribution in [3.63, 3.8) is 0 Å². The zero-order valence-corrected chi connectivity index (χ0v) is 15.0. The van der Waals surface area contributed by atoms with Gasteiger partial charge in [-0.05, 0) is 31.0 Å². The lowest BCUT2D eigenvalue weighted by Crippen LogP contribution is -2.51. The fraction of sp³-hybridized carbons (Fsp3) is 0.632. The molecule has 0 aromatic heterocycles.